The van der Waals surface area contributed by atoms with Crippen molar-refractivity contribution in [2.75, 3.05) is 13.1 Å². The zero-order valence-electron chi connectivity index (χ0n) is 13.8. The maximum absolute atomic E-state index is 13.0. The number of hydrogen-bond donors (Lipinski definition) is 1. The Bertz CT molecular complexity index is 723. The van der Waals surface area contributed by atoms with Crippen molar-refractivity contribution in [1.82, 2.24) is 15.2 Å². The molecule has 2 aromatic rings. The predicted octanol–water partition coefficient (Wildman–Crippen LogP) is 2.37. The van der Waals surface area contributed by atoms with Crippen molar-refractivity contribution in [3.8, 4) is 0 Å². The summed E-state index contributed by atoms with van der Waals surface area (Å²) < 4.78 is 5.12. The summed E-state index contributed by atoms with van der Waals surface area (Å²) in [4.78, 5) is 29.1. The van der Waals surface area contributed by atoms with Gasteiger partial charge in [-0.25, -0.2) is 0 Å². The van der Waals surface area contributed by atoms with Crippen molar-refractivity contribution in [2.24, 2.45) is 0 Å². The molecule has 3 rings (SSSR count). The molecule has 1 atom stereocenters. The van der Waals surface area contributed by atoms with Crippen molar-refractivity contribution in [3.05, 3.63) is 58.1 Å². The average molecular weight is 344 g/mol. The zero-order valence-corrected chi connectivity index (χ0v) is 13.8. The maximum Gasteiger partial charge on any atom is 0.433 e. The lowest BCUT2D eigenvalue weighted by Gasteiger charge is -2.30. The number of nitro groups is 1. The van der Waals surface area contributed by atoms with Crippen molar-refractivity contribution >= 4 is 11.8 Å². The van der Waals surface area contributed by atoms with Crippen LogP contribution in [0.3, 0.4) is 0 Å². The Morgan fingerprint density at radius 2 is 2.20 bits per heavy atom. The molecule has 0 spiro atoms. The van der Waals surface area contributed by atoms with Gasteiger partial charge in [-0.2, -0.15) is 0 Å². The first-order valence-electron chi connectivity index (χ1n) is 8.31. The minimum absolute atomic E-state index is 0.0140. The number of hydrogen-bond acceptors (Lipinski definition) is 6. The highest BCUT2D eigenvalue weighted by Crippen LogP contribution is 2.22. The highest BCUT2D eigenvalue weighted by Gasteiger charge is 2.29. The number of pyridine rings is 1. The van der Waals surface area contributed by atoms with Crippen LogP contribution in [0.15, 0.2) is 40.9 Å². The summed E-state index contributed by atoms with van der Waals surface area (Å²) in [6, 6.07) is 8.16. The fourth-order valence-corrected chi connectivity index (χ4v) is 3.03. The molecule has 0 saturated carbocycles. The van der Waals surface area contributed by atoms with E-state index < -0.39 is 10.8 Å². The van der Waals surface area contributed by atoms with Crippen LogP contribution < -0.4 is 5.32 Å². The third kappa shape index (κ3) is 4.21. The molecule has 132 valence electrons. The van der Waals surface area contributed by atoms with Gasteiger partial charge in [-0.1, -0.05) is 6.07 Å². The Labute approximate surface area is 145 Å². The minimum atomic E-state index is -0.643. The fourth-order valence-electron chi connectivity index (χ4n) is 3.03. The molecule has 1 saturated heterocycles. The van der Waals surface area contributed by atoms with Gasteiger partial charge in [-0.15, -0.1) is 0 Å². The molecular formula is C17H20N4O4. The number of carbonyl (C=O) groups is 1. The molecule has 0 aliphatic carbocycles. The molecule has 25 heavy (non-hydrogen) atoms. The van der Waals surface area contributed by atoms with Crippen molar-refractivity contribution < 1.29 is 14.1 Å². The van der Waals surface area contributed by atoms with E-state index >= 15 is 0 Å². The first-order valence-corrected chi connectivity index (χ1v) is 8.31. The molecule has 1 unspecified atom stereocenters. The van der Waals surface area contributed by atoms with E-state index in [0.717, 1.165) is 38.0 Å². The summed E-state index contributed by atoms with van der Waals surface area (Å²) in [6.45, 7) is 2.10. The molecule has 0 radical (unpaired) electrons. The first-order chi connectivity index (χ1) is 12.1. The Balaban J connectivity index is 1.85. The van der Waals surface area contributed by atoms with Gasteiger partial charge in [-0.3, -0.25) is 19.9 Å². The Kier molecular flexibility index (Phi) is 5.39. The lowest BCUT2D eigenvalue weighted by atomic mass is 10.1. The summed E-state index contributed by atoms with van der Waals surface area (Å²) in [5.41, 5.74) is 0.772. The van der Waals surface area contributed by atoms with Crippen LogP contribution in [-0.4, -0.2) is 39.8 Å². The molecule has 1 amide bonds. The fraction of sp³-hybridized carbons (Fsp3) is 0.412. The largest absolute Gasteiger partial charge is 0.433 e. The molecule has 0 aromatic carbocycles. The highest BCUT2D eigenvalue weighted by atomic mass is 16.6. The molecule has 1 fully saturated rings. The van der Waals surface area contributed by atoms with Gasteiger partial charge in [0.25, 0.3) is 5.91 Å². The zero-order chi connectivity index (χ0) is 17.6. The van der Waals surface area contributed by atoms with Gasteiger partial charge < -0.3 is 14.6 Å². The number of aromatic nitrogens is 1. The van der Waals surface area contributed by atoms with Crippen LogP contribution in [0, 0.1) is 10.1 Å². The van der Waals surface area contributed by atoms with Crippen molar-refractivity contribution in [3.63, 3.8) is 0 Å². The third-order valence-corrected chi connectivity index (χ3v) is 4.29. The quantitative estimate of drug-likeness (QED) is 0.660. The van der Waals surface area contributed by atoms with Gasteiger partial charge in [0.15, 0.2) is 5.76 Å². The molecular weight excluding hydrogens is 324 g/mol. The van der Waals surface area contributed by atoms with Crippen LogP contribution in [0.25, 0.3) is 0 Å². The highest BCUT2D eigenvalue weighted by molar-refractivity contribution is 5.92. The average Bonchev–Trinajstić information content (AvgIpc) is 2.97. The van der Waals surface area contributed by atoms with E-state index in [2.05, 4.69) is 10.3 Å². The topological polar surface area (TPSA) is 102 Å². The Morgan fingerprint density at radius 1 is 1.32 bits per heavy atom. The second-order valence-electron chi connectivity index (χ2n) is 5.98. The SMILES string of the molecule is O=C(c1ccc([N+](=O)[O-])o1)N(Cc1ccccn1)C1CCCNCC1. The van der Waals surface area contributed by atoms with Gasteiger partial charge in [-0.05, 0) is 50.6 Å². The van der Waals surface area contributed by atoms with Gasteiger partial charge in [0.05, 0.1) is 18.3 Å². The molecule has 0 bridgehead atoms. The predicted molar refractivity (Wildman–Crippen MR) is 90.0 cm³/mol. The monoisotopic (exact) mass is 344 g/mol. The second-order valence-corrected chi connectivity index (χ2v) is 5.98. The van der Waals surface area contributed by atoms with Crippen LogP contribution in [0.2, 0.25) is 0 Å². The molecule has 1 aliphatic heterocycles. The van der Waals surface area contributed by atoms with E-state index in [-0.39, 0.29) is 17.7 Å². The van der Waals surface area contributed by atoms with E-state index in [1.807, 2.05) is 18.2 Å². The van der Waals surface area contributed by atoms with Crippen LogP contribution >= 0.6 is 0 Å². The molecule has 8 nitrogen and oxygen atoms in total. The van der Waals surface area contributed by atoms with Crippen LogP contribution in [-0.2, 0) is 6.54 Å². The van der Waals surface area contributed by atoms with E-state index in [1.54, 1.807) is 11.1 Å². The minimum Gasteiger partial charge on any atom is -0.395 e. The van der Waals surface area contributed by atoms with Crippen molar-refractivity contribution in [2.45, 2.75) is 31.8 Å². The molecule has 1 aliphatic rings. The van der Waals surface area contributed by atoms with E-state index in [0.29, 0.717) is 6.54 Å². The van der Waals surface area contributed by atoms with Gasteiger partial charge >= 0.3 is 5.88 Å². The summed E-state index contributed by atoms with van der Waals surface area (Å²) in [6.07, 6.45) is 4.34. The lowest BCUT2D eigenvalue weighted by molar-refractivity contribution is -0.402. The van der Waals surface area contributed by atoms with Crippen LogP contribution in [0.5, 0.6) is 0 Å². The number of carbonyl (C=O) groups excluding carboxylic acids is 1. The summed E-state index contributed by atoms with van der Waals surface area (Å²) in [5.74, 6) is -0.783. The molecule has 3 heterocycles. The summed E-state index contributed by atoms with van der Waals surface area (Å²) in [7, 11) is 0. The Hall–Kier alpha value is -2.74. The van der Waals surface area contributed by atoms with Gasteiger partial charge in [0, 0.05) is 12.2 Å². The number of furan rings is 1. The third-order valence-electron chi connectivity index (χ3n) is 4.29. The standard InChI is InChI=1S/C17H20N4O4/c22-17(15-6-7-16(25-15)21(23)24)20(12-13-4-1-2-10-19-13)14-5-3-9-18-11-8-14/h1-2,4,6-7,10,14,18H,3,5,8-9,11-12H2. The number of nitrogens with one attached hydrogen (secondary N) is 1. The lowest BCUT2D eigenvalue weighted by Crippen LogP contribution is -2.40. The summed E-state index contributed by atoms with van der Waals surface area (Å²) >= 11 is 0. The van der Waals surface area contributed by atoms with E-state index in [1.165, 1.54) is 12.1 Å². The Morgan fingerprint density at radius 3 is 2.92 bits per heavy atom. The molecule has 1 N–H and O–H groups in total. The van der Waals surface area contributed by atoms with Crippen LogP contribution in [0.1, 0.15) is 35.5 Å². The number of nitrogens with zero attached hydrogens (tertiary/aromatic N) is 3. The van der Waals surface area contributed by atoms with E-state index in [4.69, 9.17) is 4.42 Å². The van der Waals surface area contributed by atoms with Gasteiger partial charge in [0.2, 0.25) is 0 Å². The number of amides is 1. The maximum atomic E-state index is 13.0. The second kappa shape index (κ2) is 7.89. The van der Waals surface area contributed by atoms with Gasteiger partial charge in [0.1, 0.15) is 4.92 Å². The number of rotatable bonds is 5. The van der Waals surface area contributed by atoms with Crippen molar-refractivity contribution in [1.29, 1.82) is 0 Å². The summed E-state index contributed by atoms with van der Waals surface area (Å²) in [5, 5.41) is 14.1. The van der Waals surface area contributed by atoms with E-state index in [9.17, 15) is 14.9 Å². The smallest absolute Gasteiger partial charge is 0.395 e. The normalized spacial score (nSPS) is 17.7. The molecule has 8 heteroatoms. The van der Waals surface area contributed by atoms with Crippen LogP contribution in [0.4, 0.5) is 5.88 Å². The molecule has 2 aromatic heterocycles. The first kappa shape index (κ1) is 17.1.